The van der Waals surface area contributed by atoms with Crippen molar-refractivity contribution in [2.45, 2.75) is 19.4 Å². The van der Waals surface area contributed by atoms with Crippen LogP contribution in [0.4, 0.5) is 0 Å². The van der Waals surface area contributed by atoms with Gasteiger partial charge in [0.25, 0.3) is 0 Å². The maximum atomic E-state index is 11.3. The van der Waals surface area contributed by atoms with E-state index in [2.05, 4.69) is 17.6 Å². The van der Waals surface area contributed by atoms with Crippen molar-refractivity contribution >= 4 is 5.91 Å². The minimum atomic E-state index is 0.0172. The van der Waals surface area contributed by atoms with E-state index in [9.17, 15) is 4.79 Å². The Morgan fingerprint density at radius 2 is 2.38 bits per heavy atom. The molecule has 5 nitrogen and oxygen atoms in total. The van der Waals surface area contributed by atoms with E-state index in [0.717, 1.165) is 19.6 Å². The second-order valence-electron chi connectivity index (χ2n) is 4.10. The van der Waals surface area contributed by atoms with Crippen LogP contribution in [0.1, 0.15) is 13.3 Å². The van der Waals surface area contributed by atoms with Crippen molar-refractivity contribution in [2.75, 3.05) is 40.0 Å². The third-order valence-corrected chi connectivity index (χ3v) is 2.85. The van der Waals surface area contributed by atoms with Gasteiger partial charge < -0.3 is 20.1 Å². The van der Waals surface area contributed by atoms with E-state index in [4.69, 9.17) is 9.47 Å². The first-order chi connectivity index (χ1) is 7.74. The van der Waals surface area contributed by atoms with Gasteiger partial charge in [0.2, 0.25) is 5.91 Å². The van der Waals surface area contributed by atoms with Gasteiger partial charge in [-0.25, -0.2) is 0 Å². The second kappa shape index (κ2) is 7.60. The van der Waals surface area contributed by atoms with Gasteiger partial charge >= 0.3 is 0 Å². The Morgan fingerprint density at radius 1 is 1.56 bits per heavy atom. The number of carbonyl (C=O) groups is 1. The summed E-state index contributed by atoms with van der Waals surface area (Å²) in [6.45, 7) is 5.26. The zero-order valence-electron chi connectivity index (χ0n) is 10.1. The molecule has 2 unspecified atom stereocenters. The summed E-state index contributed by atoms with van der Waals surface area (Å²) in [5, 5.41) is 5.91. The molecule has 16 heavy (non-hydrogen) atoms. The van der Waals surface area contributed by atoms with E-state index in [1.165, 1.54) is 0 Å². The van der Waals surface area contributed by atoms with Crippen molar-refractivity contribution in [1.29, 1.82) is 0 Å². The van der Waals surface area contributed by atoms with Crippen LogP contribution >= 0.6 is 0 Å². The Hall–Kier alpha value is -0.650. The van der Waals surface area contributed by atoms with Crippen LogP contribution in [0.2, 0.25) is 0 Å². The van der Waals surface area contributed by atoms with Crippen LogP contribution in [-0.4, -0.2) is 52.0 Å². The minimum absolute atomic E-state index is 0.0172. The lowest BCUT2D eigenvalue weighted by atomic mass is 10.0. The predicted molar refractivity (Wildman–Crippen MR) is 61.3 cm³/mol. The van der Waals surface area contributed by atoms with Gasteiger partial charge in [0.05, 0.1) is 19.3 Å². The van der Waals surface area contributed by atoms with E-state index < -0.39 is 0 Å². The van der Waals surface area contributed by atoms with Gasteiger partial charge in [0.1, 0.15) is 0 Å². The molecular formula is C11H22N2O3. The Kier molecular flexibility index (Phi) is 6.37. The molecule has 1 aliphatic heterocycles. The molecule has 0 spiro atoms. The van der Waals surface area contributed by atoms with Gasteiger partial charge in [-0.15, -0.1) is 0 Å². The largest absolute Gasteiger partial charge is 0.383 e. The summed E-state index contributed by atoms with van der Waals surface area (Å²) in [7, 11) is 1.62. The summed E-state index contributed by atoms with van der Waals surface area (Å²) in [5.41, 5.74) is 0. The number of ether oxygens (including phenoxy) is 2. The average molecular weight is 230 g/mol. The molecule has 0 aromatic rings. The molecule has 1 fully saturated rings. The summed E-state index contributed by atoms with van der Waals surface area (Å²) in [4.78, 5) is 11.3. The topological polar surface area (TPSA) is 59.6 Å². The molecule has 1 aliphatic rings. The van der Waals surface area contributed by atoms with Crippen molar-refractivity contribution in [3.05, 3.63) is 0 Å². The number of hydrogen-bond donors (Lipinski definition) is 2. The highest BCUT2D eigenvalue weighted by Gasteiger charge is 2.23. The maximum Gasteiger partial charge on any atom is 0.234 e. The molecule has 2 N–H and O–H groups in total. The highest BCUT2D eigenvalue weighted by Crippen LogP contribution is 2.18. The van der Waals surface area contributed by atoms with Crippen molar-refractivity contribution < 1.29 is 14.3 Å². The quantitative estimate of drug-likeness (QED) is 0.593. The van der Waals surface area contributed by atoms with Crippen LogP contribution in [0.5, 0.6) is 0 Å². The van der Waals surface area contributed by atoms with Crippen molar-refractivity contribution in [1.82, 2.24) is 10.6 Å². The fraction of sp³-hybridized carbons (Fsp3) is 0.909. The van der Waals surface area contributed by atoms with Crippen LogP contribution in [0.3, 0.4) is 0 Å². The van der Waals surface area contributed by atoms with Crippen LogP contribution in [0.15, 0.2) is 0 Å². The van der Waals surface area contributed by atoms with Gasteiger partial charge in [0.15, 0.2) is 0 Å². The molecule has 0 saturated carbocycles. The summed E-state index contributed by atoms with van der Waals surface area (Å²) in [6.07, 6.45) is 1.39. The van der Waals surface area contributed by atoms with E-state index in [0.29, 0.717) is 31.7 Å². The number of nitrogens with one attached hydrogen (secondary N) is 2. The smallest absolute Gasteiger partial charge is 0.234 e. The molecule has 1 amide bonds. The number of amides is 1. The first-order valence-corrected chi connectivity index (χ1v) is 5.82. The lowest BCUT2D eigenvalue weighted by molar-refractivity contribution is -0.120. The molecule has 1 saturated heterocycles. The van der Waals surface area contributed by atoms with Crippen molar-refractivity contribution in [3.8, 4) is 0 Å². The summed E-state index contributed by atoms with van der Waals surface area (Å²) in [5.74, 6) is 0.551. The van der Waals surface area contributed by atoms with E-state index >= 15 is 0 Å². The van der Waals surface area contributed by atoms with Crippen molar-refractivity contribution in [2.24, 2.45) is 5.92 Å². The molecule has 0 bridgehead atoms. The number of methoxy groups -OCH3 is 1. The number of hydrogen-bond acceptors (Lipinski definition) is 4. The molecule has 0 aromatic heterocycles. The molecule has 94 valence electrons. The Balaban J connectivity index is 1.99. The van der Waals surface area contributed by atoms with Gasteiger partial charge in [-0.3, -0.25) is 4.79 Å². The first-order valence-electron chi connectivity index (χ1n) is 5.82. The standard InChI is InChI=1S/C11H22N2O3/c1-9-10(3-5-16-9)7-12-8-11(14)13-4-6-15-2/h9-10,12H,3-8H2,1-2H3,(H,13,14). The maximum absolute atomic E-state index is 11.3. The summed E-state index contributed by atoms with van der Waals surface area (Å²) in [6, 6.07) is 0. The highest BCUT2D eigenvalue weighted by molar-refractivity contribution is 5.77. The number of rotatable bonds is 7. The molecular weight excluding hydrogens is 208 g/mol. The fourth-order valence-corrected chi connectivity index (χ4v) is 1.77. The molecule has 2 atom stereocenters. The third-order valence-electron chi connectivity index (χ3n) is 2.85. The van der Waals surface area contributed by atoms with Gasteiger partial charge in [0, 0.05) is 26.8 Å². The SMILES string of the molecule is COCCNC(=O)CNCC1CCOC1C. The van der Waals surface area contributed by atoms with Gasteiger partial charge in [-0.1, -0.05) is 0 Å². The van der Waals surface area contributed by atoms with Crippen LogP contribution in [0, 0.1) is 5.92 Å². The monoisotopic (exact) mass is 230 g/mol. The number of carbonyl (C=O) groups excluding carboxylic acids is 1. The molecule has 1 rings (SSSR count). The fourth-order valence-electron chi connectivity index (χ4n) is 1.77. The average Bonchev–Trinajstić information content (AvgIpc) is 2.65. The molecule has 5 heteroatoms. The van der Waals surface area contributed by atoms with E-state index in [1.807, 2.05) is 0 Å². The van der Waals surface area contributed by atoms with E-state index in [-0.39, 0.29) is 5.91 Å². The van der Waals surface area contributed by atoms with Crippen LogP contribution in [-0.2, 0) is 14.3 Å². The summed E-state index contributed by atoms with van der Waals surface area (Å²) < 4.78 is 10.3. The zero-order valence-corrected chi connectivity index (χ0v) is 10.1. The summed E-state index contributed by atoms with van der Waals surface area (Å²) >= 11 is 0. The van der Waals surface area contributed by atoms with Crippen molar-refractivity contribution in [3.63, 3.8) is 0 Å². The van der Waals surface area contributed by atoms with Crippen LogP contribution in [0.25, 0.3) is 0 Å². The van der Waals surface area contributed by atoms with E-state index in [1.54, 1.807) is 7.11 Å². The first kappa shape index (κ1) is 13.4. The molecule has 0 aliphatic carbocycles. The normalized spacial score (nSPS) is 24.6. The third kappa shape index (κ3) is 4.92. The lowest BCUT2D eigenvalue weighted by Gasteiger charge is -2.14. The minimum Gasteiger partial charge on any atom is -0.383 e. The lowest BCUT2D eigenvalue weighted by Crippen LogP contribution is -2.38. The second-order valence-corrected chi connectivity index (χ2v) is 4.10. The Labute approximate surface area is 96.9 Å². The molecule has 0 aromatic carbocycles. The molecule has 0 radical (unpaired) electrons. The Bertz CT molecular complexity index is 211. The zero-order chi connectivity index (χ0) is 11.8. The van der Waals surface area contributed by atoms with Gasteiger partial charge in [-0.2, -0.15) is 0 Å². The highest BCUT2D eigenvalue weighted by atomic mass is 16.5. The molecule has 1 heterocycles. The van der Waals surface area contributed by atoms with Gasteiger partial charge in [-0.05, 0) is 19.3 Å². The predicted octanol–water partition coefficient (Wildman–Crippen LogP) is -0.236. The Morgan fingerprint density at radius 3 is 3.00 bits per heavy atom. The van der Waals surface area contributed by atoms with Crippen LogP contribution < -0.4 is 10.6 Å².